The first-order valence-electron chi connectivity index (χ1n) is 5.91. The Kier molecular flexibility index (Phi) is 4.42. The molecule has 0 aliphatic carbocycles. The quantitative estimate of drug-likeness (QED) is 0.816. The first-order valence-corrected chi connectivity index (χ1v) is 6.99. The zero-order valence-corrected chi connectivity index (χ0v) is 12.6. The van der Waals surface area contributed by atoms with E-state index in [1.54, 1.807) is 24.3 Å². The summed E-state index contributed by atoms with van der Waals surface area (Å²) in [6, 6.07) is 14.2. The normalized spacial score (nSPS) is 11.9. The molecule has 0 saturated heterocycles. The van der Waals surface area contributed by atoms with Gasteiger partial charge in [0.05, 0.1) is 6.04 Å². The maximum absolute atomic E-state index is 12.1. The Hall–Kier alpha value is -1.56. The lowest BCUT2D eigenvalue weighted by atomic mass is 10.1. The molecule has 19 heavy (non-hydrogen) atoms. The van der Waals surface area contributed by atoms with Crippen molar-refractivity contribution in [3.63, 3.8) is 0 Å². The Bertz CT molecular complexity index is 598. The van der Waals surface area contributed by atoms with Gasteiger partial charge in [0.1, 0.15) is 5.75 Å². The molecular formula is C15H14INO2. The third kappa shape index (κ3) is 3.70. The zero-order valence-electron chi connectivity index (χ0n) is 10.4. The fourth-order valence-electron chi connectivity index (χ4n) is 1.79. The molecule has 4 heteroatoms. The van der Waals surface area contributed by atoms with Crippen molar-refractivity contribution < 1.29 is 9.90 Å². The molecule has 2 aromatic carbocycles. The molecule has 2 N–H and O–H groups in total. The summed E-state index contributed by atoms with van der Waals surface area (Å²) in [5.74, 6) is 0.0854. The van der Waals surface area contributed by atoms with Crippen LogP contribution in [-0.4, -0.2) is 11.0 Å². The number of rotatable bonds is 3. The Balaban J connectivity index is 2.11. The van der Waals surface area contributed by atoms with Crippen molar-refractivity contribution >= 4 is 28.5 Å². The van der Waals surface area contributed by atoms with E-state index in [0.29, 0.717) is 5.56 Å². The molecule has 0 bridgehead atoms. The first kappa shape index (κ1) is 13.9. The van der Waals surface area contributed by atoms with E-state index in [-0.39, 0.29) is 17.7 Å². The predicted octanol–water partition coefficient (Wildman–Crippen LogP) is 3.49. The summed E-state index contributed by atoms with van der Waals surface area (Å²) < 4.78 is 1.02. The highest BCUT2D eigenvalue weighted by atomic mass is 127. The Morgan fingerprint density at radius 2 is 1.95 bits per heavy atom. The molecular weight excluding hydrogens is 353 g/mol. The summed E-state index contributed by atoms with van der Waals surface area (Å²) in [7, 11) is 0. The van der Waals surface area contributed by atoms with Gasteiger partial charge in [-0.3, -0.25) is 4.79 Å². The summed E-state index contributed by atoms with van der Waals surface area (Å²) in [6.07, 6.45) is 0. The smallest absolute Gasteiger partial charge is 0.251 e. The molecule has 0 radical (unpaired) electrons. The van der Waals surface area contributed by atoms with Gasteiger partial charge in [-0.05, 0) is 65.4 Å². The number of halogens is 1. The number of phenolic OH excluding ortho intramolecular Hbond substituents is 1. The van der Waals surface area contributed by atoms with Gasteiger partial charge in [0, 0.05) is 9.13 Å². The minimum atomic E-state index is -0.155. The van der Waals surface area contributed by atoms with Crippen molar-refractivity contribution in [3.8, 4) is 5.75 Å². The van der Waals surface area contributed by atoms with Gasteiger partial charge in [-0.2, -0.15) is 0 Å². The third-order valence-electron chi connectivity index (χ3n) is 2.80. The number of carbonyl (C=O) groups is 1. The molecule has 1 amide bonds. The summed E-state index contributed by atoms with van der Waals surface area (Å²) in [4.78, 5) is 12.1. The second-order valence-corrected chi connectivity index (χ2v) is 5.55. The Morgan fingerprint density at radius 1 is 1.21 bits per heavy atom. The van der Waals surface area contributed by atoms with Crippen molar-refractivity contribution in [3.05, 3.63) is 63.2 Å². The lowest BCUT2D eigenvalue weighted by Crippen LogP contribution is -2.26. The number of amides is 1. The second-order valence-electron chi connectivity index (χ2n) is 4.30. The number of hydrogen-bond donors (Lipinski definition) is 2. The standard InChI is InChI=1S/C15H14INO2/c1-10(11-4-3-7-14(18)9-11)17-15(19)12-5-2-6-13(16)8-12/h2-10,18H,1H3,(H,17,19). The van der Waals surface area contributed by atoms with Crippen LogP contribution in [0.25, 0.3) is 0 Å². The molecule has 98 valence electrons. The molecule has 1 unspecified atom stereocenters. The highest BCUT2D eigenvalue weighted by Crippen LogP contribution is 2.18. The average molecular weight is 367 g/mol. The summed E-state index contributed by atoms with van der Waals surface area (Å²) in [5.41, 5.74) is 1.51. The second kappa shape index (κ2) is 6.06. The number of benzene rings is 2. The fraction of sp³-hybridized carbons (Fsp3) is 0.133. The van der Waals surface area contributed by atoms with Gasteiger partial charge < -0.3 is 10.4 Å². The molecule has 2 rings (SSSR count). The van der Waals surface area contributed by atoms with E-state index in [2.05, 4.69) is 27.9 Å². The average Bonchev–Trinajstić information content (AvgIpc) is 2.38. The van der Waals surface area contributed by atoms with Gasteiger partial charge in [0.25, 0.3) is 5.91 Å². The van der Waals surface area contributed by atoms with Crippen LogP contribution in [0.1, 0.15) is 28.9 Å². The molecule has 0 aromatic heterocycles. The van der Waals surface area contributed by atoms with Gasteiger partial charge in [-0.15, -0.1) is 0 Å². The van der Waals surface area contributed by atoms with E-state index >= 15 is 0 Å². The van der Waals surface area contributed by atoms with E-state index in [9.17, 15) is 9.90 Å². The van der Waals surface area contributed by atoms with Crippen molar-refractivity contribution in [1.29, 1.82) is 0 Å². The van der Waals surface area contributed by atoms with Gasteiger partial charge in [0.15, 0.2) is 0 Å². The zero-order chi connectivity index (χ0) is 13.8. The van der Waals surface area contributed by atoms with Crippen LogP contribution in [0.5, 0.6) is 5.75 Å². The largest absolute Gasteiger partial charge is 0.508 e. The number of hydrogen-bond acceptors (Lipinski definition) is 2. The van der Waals surface area contributed by atoms with E-state index in [1.807, 2.05) is 31.2 Å². The van der Waals surface area contributed by atoms with Crippen molar-refractivity contribution in [2.75, 3.05) is 0 Å². The van der Waals surface area contributed by atoms with Crippen molar-refractivity contribution in [2.45, 2.75) is 13.0 Å². The van der Waals surface area contributed by atoms with E-state index < -0.39 is 0 Å². The van der Waals surface area contributed by atoms with Crippen LogP contribution < -0.4 is 5.32 Å². The van der Waals surface area contributed by atoms with Gasteiger partial charge in [-0.25, -0.2) is 0 Å². The van der Waals surface area contributed by atoms with Crippen LogP contribution in [-0.2, 0) is 0 Å². The Morgan fingerprint density at radius 3 is 2.63 bits per heavy atom. The van der Waals surface area contributed by atoms with Gasteiger partial charge in [-0.1, -0.05) is 18.2 Å². The van der Waals surface area contributed by atoms with Crippen LogP contribution in [0.3, 0.4) is 0 Å². The number of carbonyl (C=O) groups excluding carboxylic acids is 1. The Labute approximate surface area is 125 Å². The lowest BCUT2D eigenvalue weighted by Gasteiger charge is -2.14. The molecule has 0 fully saturated rings. The van der Waals surface area contributed by atoms with Crippen LogP contribution in [0.4, 0.5) is 0 Å². The topological polar surface area (TPSA) is 49.3 Å². The molecule has 3 nitrogen and oxygen atoms in total. The number of aromatic hydroxyl groups is 1. The van der Waals surface area contributed by atoms with Gasteiger partial charge >= 0.3 is 0 Å². The van der Waals surface area contributed by atoms with Crippen LogP contribution in [0.2, 0.25) is 0 Å². The van der Waals surface area contributed by atoms with Crippen molar-refractivity contribution in [1.82, 2.24) is 5.32 Å². The molecule has 2 aromatic rings. The lowest BCUT2D eigenvalue weighted by molar-refractivity contribution is 0.0939. The highest BCUT2D eigenvalue weighted by molar-refractivity contribution is 14.1. The number of phenols is 1. The number of nitrogens with one attached hydrogen (secondary N) is 1. The van der Waals surface area contributed by atoms with Crippen LogP contribution >= 0.6 is 22.6 Å². The maximum Gasteiger partial charge on any atom is 0.251 e. The minimum Gasteiger partial charge on any atom is -0.508 e. The fourth-order valence-corrected chi connectivity index (χ4v) is 2.33. The highest BCUT2D eigenvalue weighted by Gasteiger charge is 2.11. The predicted molar refractivity (Wildman–Crippen MR) is 83.1 cm³/mol. The molecule has 0 saturated carbocycles. The van der Waals surface area contributed by atoms with E-state index in [1.165, 1.54) is 0 Å². The molecule has 0 spiro atoms. The van der Waals surface area contributed by atoms with E-state index in [4.69, 9.17) is 0 Å². The first-order chi connectivity index (χ1) is 9.06. The monoisotopic (exact) mass is 367 g/mol. The summed E-state index contributed by atoms with van der Waals surface area (Å²) in [6.45, 7) is 1.89. The van der Waals surface area contributed by atoms with Crippen LogP contribution in [0, 0.1) is 3.57 Å². The third-order valence-corrected chi connectivity index (χ3v) is 3.48. The van der Waals surface area contributed by atoms with Crippen molar-refractivity contribution in [2.24, 2.45) is 0 Å². The molecule has 0 aliphatic heterocycles. The molecule has 0 aliphatic rings. The summed E-state index contributed by atoms with van der Waals surface area (Å²) >= 11 is 2.18. The molecule has 1 atom stereocenters. The SMILES string of the molecule is CC(NC(=O)c1cccc(I)c1)c1cccc(O)c1. The molecule has 0 heterocycles. The van der Waals surface area contributed by atoms with Crippen LogP contribution in [0.15, 0.2) is 48.5 Å². The summed E-state index contributed by atoms with van der Waals surface area (Å²) in [5, 5.41) is 12.3. The van der Waals surface area contributed by atoms with E-state index in [0.717, 1.165) is 9.13 Å². The minimum absolute atomic E-state index is 0.116. The maximum atomic E-state index is 12.1. The van der Waals surface area contributed by atoms with Gasteiger partial charge in [0.2, 0.25) is 0 Å².